The lowest BCUT2D eigenvalue weighted by molar-refractivity contribution is 0.192. The van der Waals surface area contributed by atoms with Gasteiger partial charge in [-0.1, -0.05) is 0 Å². The molecule has 1 aliphatic rings. The number of carboxylic acid groups (broad SMARTS) is 1. The molecule has 1 saturated heterocycles. The Kier molecular flexibility index (Phi) is 5.18. The number of hydrogen-bond donors (Lipinski definition) is 2. The second-order valence-electron chi connectivity index (χ2n) is 6.24. The second kappa shape index (κ2) is 7.52. The van der Waals surface area contributed by atoms with Crippen molar-refractivity contribution in [3.8, 4) is 5.75 Å². The number of fused-ring (bicyclic) bond motifs is 1. The molecule has 2 aromatic heterocycles. The zero-order valence-corrected chi connectivity index (χ0v) is 14.1. The largest absolute Gasteiger partial charge is 0.495 e. The highest BCUT2D eigenvalue weighted by Crippen LogP contribution is 2.18. The summed E-state index contributed by atoms with van der Waals surface area (Å²) in [5.41, 5.74) is 1.45. The second-order valence-corrected chi connectivity index (χ2v) is 6.24. The number of aromatic nitrogens is 2. The van der Waals surface area contributed by atoms with E-state index < -0.39 is 6.09 Å². The highest BCUT2D eigenvalue weighted by Gasteiger charge is 2.22. The Bertz CT molecular complexity index is 820. The molecular formula is C17H22N4O4. The van der Waals surface area contributed by atoms with E-state index in [9.17, 15) is 9.59 Å². The molecule has 0 spiro atoms. The van der Waals surface area contributed by atoms with Crippen LogP contribution in [0.15, 0.2) is 29.2 Å². The van der Waals surface area contributed by atoms with Crippen molar-refractivity contribution in [3.63, 3.8) is 0 Å². The SMILES string of the molecule is COc1cnc2ccc(=O)n(CCN3CC[C@@H](CNC(=O)O)C3)c2c1. The van der Waals surface area contributed by atoms with Gasteiger partial charge in [0.05, 0.1) is 24.3 Å². The maximum Gasteiger partial charge on any atom is 0.404 e. The van der Waals surface area contributed by atoms with Gasteiger partial charge in [0.1, 0.15) is 5.75 Å². The first-order valence-corrected chi connectivity index (χ1v) is 8.29. The van der Waals surface area contributed by atoms with E-state index in [1.807, 2.05) is 6.07 Å². The van der Waals surface area contributed by atoms with Crippen LogP contribution in [-0.2, 0) is 6.54 Å². The lowest BCUT2D eigenvalue weighted by Crippen LogP contribution is -2.32. The number of carbonyl (C=O) groups is 1. The smallest absolute Gasteiger partial charge is 0.404 e. The highest BCUT2D eigenvalue weighted by atomic mass is 16.5. The lowest BCUT2D eigenvalue weighted by Gasteiger charge is -2.18. The number of ether oxygens (including phenoxy) is 1. The van der Waals surface area contributed by atoms with Crippen molar-refractivity contribution in [1.82, 2.24) is 19.8 Å². The first-order valence-electron chi connectivity index (χ1n) is 8.29. The number of nitrogens with one attached hydrogen (secondary N) is 1. The van der Waals surface area contributed by atoms with Crippen LogP contribution in [0.1, 0.15) is 6.42 Å². The van der Waals surface area contributed by atoms with Gasteiger partial charge in [-0.2, -0.15) is 0 Å². The van der Waals surface area contributed by atoms with Gasteiger partial charge >= 0.3 is 6.09 Å². The Morgan fingerprint density at radius 2 is 2.28 bits per heavy atom. The third-order valence-corrected chi connectivity index (χ3v) is 4.60. The van der Waals surface area contributed by atoms with Gasteiger partial charge in [0.15, 0.2) is 0 Å². The van der Waals surface area contributed by atoms with E-state index in [0.717, 1.165) is 37.1 Å². The van der Waals surface area contributed by atoms with Crippen LogP contribution in [0, 0.1) is 5.92 Å². The van der Waals surface area contributed by atoms with Gasteiger partial charge in [0.25, 0.3) is 5.56 Å². The van der Waals surface area contributed by atoms with Crippen molar-refractivity contribution in [1.29, 1.82) is 0 Å². The molecule has 2 N–H and O–H groups in total. The molecule has 8 heteroatoms. The summed E-state index contributed by atoms with van der Waals surface area (Å²) in [6.45, 7) is 3.51. The monoisotopic (exact) mass is 346 g/mol. The molecule has 1 atom stereocenters. The van der Waals surface area contributed by atoms with Gasteiger partial charge in [-0.15, -0.1) is 0 Å². The molecule has 1 aliphatic heterocycles. The van der Waals surface area contributed by atoms with Gasteiger partial charge in [-0.25, -0.2) is 4.79 Å². The van der Waals surface area contributed by atoms with Crippen LogP contribution in [0.4, 0.5) is 4.79 Å². The molecular weight excluding hydrogens is 324 g/mol. The number of likely N-dealkylation sites (tertiary alicyclic amines) is 1. The van der Waals surface area contributed by atoms with Crippen molar-refractivity contribution in [2.45, 2.75) is 13.0 Å². The molecule has 25 heavy (non-hydrogen) atoms. The Morgan fingerprint density at radius 3 is 3.04 bits per heavy atom. The number of rotatable bonds is 6. The van der Waals surface area contributed by atoms with E-state index >= 15 is 0 Å². The van der Waals surface area contributed by atoms with Crippen molar-refractivity contribution in [3.05, 3.63) is 34.7 Å². The molecule has 0 aromatic carbocycles. The maximum atomic E-state index is 12.3. The molecule has 0 bridgehead atoms. The molecule has 3 rings (SSSR count). The van der Waals surface area contributed by atoms with E-state index in [4.69, 9.17) is 9.84 Å². The summed E-state index contributed by atoms with van der Waals surface area (Å²) in [7, 11) is 1.57. The van der Waals surface area contributed by atoms with E-state index in [1.165, 1.54) is 6.07 Å². The molecule has 134 valence electrons. The van der Waals surface area contributed by atoms with Crippen LogP contribution < -0.4 is 15.6 Å². The van der Waals surface area contributed by atoms with E-state index in [-0.39, 0.29) is 5.56 Å². The summed E-state index contributed by atoms with van der Waals surface area (Å²) < 4.78 is 6.93. The molecule has 3 heterocycles. The van der Waals surface area contributed by atoms with Crippen LogP contribution in [0.2, 0.25) is 0 Å². The Hall–Kier alpha value is -2.61. The molecule has 0 aliphatic carbocycles. The average molecular weight is 346 g/mol. The van der Waals surface area contributed by atoms with Crippen LogP contribution in [-0.4, -0.2) is 58.9 Å². The topological polar surface area (TPSA) is 96.7 Å². The van der Waals surface area contributed by atoms with Gasteiger partial charge in [-0.05, 0) is 24.9 Å². The van der Waals surface area contributed by atoms with Gasteiger partial charge in [0, 0.05) is 38.3 Å². The number of pyridine rings is 2. The molecule has 1 amide bonds. The molecule has 0 saturated carbocycles. The van der Waals surface area contributed by atoms with Crippen molar-refractivity contribution >= 4 is 17.1 Å². The van der Waals surface area contributed by atoms with Crippen molar-refractivity contribution in [2.24, 2.45) is 5.92 Å². The number of methoxy groups -OCH3 is 1. The summed E-state index contributed by atoms with van der Waals surface area (Å²) in [4.78, 5) is 29.4. The fourth-order valence-electron chi connectivity index (χ4n) is 3.25. The Morgan fingerprint density at radius 1 is 1.44 bits per heavy atom. The minimum absolute atomic E-state index is 0.0640. The number of hydrogen-bond acceptors (Lipinski definition) is 5. The fraction of sp³-hybridized carbons (Fsp3) is 0.471. The number of amides is 1. The zero-order valence-electron chi connectivity index (χ0n) is 14.1. The van der Waals surface area contributed by atoms with Crippen molar-refractivity contribution < 1.29 is 14.6 Å². The van der Waals surface area contributed by atoms with Crippen molar-refractivity contribution in [2.75, 3.05) is 33.3 Å². The predicted octanol–water partition coefficient (Wildman–Crippen LogP) is 0.995. The van der Waals surface area contributed by atoms with E-state index in [1.54, 1.807) is 23.9 Å². The first-order chi connectivity index (χ1) is 12.1. The third kappa shape index (κ3) is 4.08. The molecule has 2 aromatic rings. The van der Waals surface area contributed by atoms with Gasteiger partial charge in [-0.3, -0.25) is 9.78 Å². The number of nitrogens with zero attached hydrogens (tertiary/aromatic N) is 3. The van der Waals surface area contributed by atoms with E-state index in [2.05, 4.69) is 15.2 Å². The first kappa shape index (κ1) is 17.2. The van der Waals surface area contributed by atoms with Crippen LogP contribution in [0.3, 0.4) is 0 Å². The Labute approximate surface area is 145 Å². The Balaban J connectivity index is 1.68. The maximum absolute atomic E-state index is 12.3. The van der Waals surface area contributed by atoms with Gasteiger partial charge in [0.2, 0.25) is 0 Å². The van der Waals surface area contributed by atoms with Crippen LogP contribution in [0.25, 0.3) is 11.0 Å². The molecule has 0 unspecified atom stereocenters. The van der Waals surface area contributed by atoms with Crippen LogP contribution >= 0.6 is 0 Å². The standard InChI is InChI=1S/C17H22N4O4/c1-25-13-8-15-14(18-10-13)2-3-16(22)21(15)7-6-20-5-4-12(11-20)9-19-17(23)24/h2-3,8,10,12,19H,4-7,9,11H2,1H3,(H,23,24)/t12-/m0/s1. The lowest BCUT2D eigenvalue weighted by atomic mass is 10.1. The summed E-state index contributed by atoms with van der Waals surface area (Å²) in [5, 5.41) is 11.1. The third-order valence-electron chi connectivity index (χ3n) is 4.60. The quantitative estimate of drug-likeness (QED) is 0.810. The summed E-state index contributed by atoms with van der Waals surface area (Å²) >= 11 is 0. The van der Waals surface area contributed by atoms with Crippen LogP contribution in [0.5, 0.6) is 5.75 Å². The highest BCUT2D eigenvalue weighted by molar-refractivity contribution is 5.75. The van der Waals surface area contributed by atoms with E-state index in [0.29, 0.717) is 24.8 Å². The molecule has 1 fully saturated rings. The summed E-state index contributed by atoms with van der Waals surface area (Å²) in [5.74, 6) is 0.940. The molecule has 8 nitrogen and oxygen atoms in total. The average Bonchev–Trinajstić information content (AvgIpc) is 3.06. The molecule has 0 radical (unpaired) electrons. The van der Waals surface area contributed by atoms with Gasteiger partial charge < -0.3 is 24.6 Å². The summed E-state index contributed by atoms with van der Waals surface area (Å²) in [6, 6.07) is 5.08. The minimum Gasteiger partial charge on any atom is -0.495 e. The predicted molar refractivity (Wildman–Crippen MR) is 93.1 cm³/mol. The normalized spacial score (nSPS) is 17.7. The zero-order chi connectivity index (χ0) is 17.8. The fourth-order valence-corrected chi connectivity index (χ4v) is 3.25. The minimum atomic E-state index is -0.984. The summed E-state index contributed by atoms with van der Waals surface area (Å²) in [6.07, 6.45) is 1.61.